The van der Waals surface area contributed by atoms with E-state index in [-0.39, 0.29) is 28.2 Å². The van der Waals surface area contributed by atoms with Gasteiger partial charge >= 0.3 is 12.1 Å². The Labute approximate surface area is 176 Å². The zero-order valence-corrected chi connectivity index (χ0v) is 15.9. The highest BCUT2D eigenvalue weighted by molar-refractivity contribution is 6.03. The fourth-order valence-corrected chi connectivity index (χ4v) is 3.10. The minimum absolute atomic E-state index is 0.0721. The molecule has 4 aromatic rings. The van der Waals surface area contributed by atoms with Crippen molar-refractivity contribution in [3.8, 4) is 17.4 Å². The Kier molecular flexibility index (Phi) is 5.04. The van der Waals surface area contributed by atoms with Gasteiger partial charge in [-0.25, -0.2) is 4.98 Å². The number of rotatable bonds is 5. The van der Waals surface area contributed by atoms with E-state index in [2.05, 4.69) is 15.4 Å². The molecule has 2 heterocycles. The minimum atomic E-state index is -4.50. The van der Waals surface area contributed by atoms with Gasteiger partial charge in [-0.1, -0.05) is 18.2 Å². The number of aromatic nitrogens is 3. The lowest BCUT2D eigenvalue weighted by atomic mass is 10.1. The molecule has 4 rings (SSSR count). The van der Waals surface area contributed by atoms with E-state index in [0.29, 0.717) is 5.39 Å². The van der Waals surface area contributed by atoms with Crippen LogP contribution in [0, 0.1) is 0 Å². The Hall–Kier alpha value is -4.35. The lowest BCUT2D eigenvalue weighted by Gasteiger charge is -2.13. The molecule has 0 aliphatic heterocycles. The number of carbonyl (C=O) groups is 2. The summed E-state index contributed by atoms with van der Waals surface area (Å²) in [7, 11) is 0. The second-order valence-electron chi connectivity index (χ2n) is 6.61. The van der Waals surface area contributed by atoms with Crippen molar-refractivity contribution in [1.29, 1.82) is 0 Å². The molecule has 0 saturated carbocycles. The molecule has 0 fully saturated rings. The third-order valence-corrected chi connectivity index (χ3v) is 4.51. The van der Waals surface area contributed by atoms with Crippen molar-refractivity contribution in [2.45, 2.75) is 6.18 Å². The maximum atomic E-state index is 13.0. The maximum Gasteiger partial charge on any atom is 0.416 e. The summed E-state index contributed by atoms with van der Waals surface area (Å²) in [5, 5.41) is 25.8. The number of ether oxygens (including phenoxy) is 1. The highest BCUT2D eigenvalue weighted by Gasteiger charge is 2.30. The van der Waals surface area contributed by atoms with Crippen LogP contribution < -0.4 is 10.1 Å². The maximum absolute atomic E-state index is 13.0. The number of hydrogen-bond donors (Lipinski definition) is 3. The van der Waals surface area contributed by atoms with E-state index < -0.39 is 35.9 Å². The van der Waals surface area contributed by atoms with Gasteiger partial charge in [-0.3, -0.25) is 9.59 Å². The second-order valence-corrected chi connectivity index (χ2v) is 6.61. The molecule has 164 valence electrons. The third kappa shape index (κ3) is 3.85. The van der Waals surface area contributed by atoms with Gasteiger partial charge < -0.3 is 20.3 Å². The Morgan fingerprint density at radius 1 is 1.16 bits per heavy atom. The van der Waals surface area contributed by atoms with E-state index in [0.717, 1.165) is 29.0 Å². The number of benzene rings is 2. The molecule has 0 bridgehead atoms. The van der Waals surface area contributed by atoms with Crippen molar-refractivity contribution in [2.75, 3.05) is 6.54 Å². The Morgan fingerprint density at radius 2 is 1.94 bits per heavy atom. The number of carbonyl (C=O) groups excluding carboxylic acids is 1. The van der Waals surface area contributed by atoms with Gasteiger partial charge in [0.25, 0.3) is 5.91 Å². The van der Waals surface area contributed by atoms with Gasteiger partial charge in [-0.15, -0.1) is 0 Å². The molecule has 2 aromatic heterocycles. The number of fused-ring (bicyclic) bond motifs is 2. The number of nitrogens with zero attached hydrogens (tertiary/aromatic N) is 3. The van der Waals surface area contributed by atoms with Crippen LogP contribution in [0.25, 0.3) is 16.4 Å². The number of aliphatic carboxylic acids is 1. The highest BCUT2D eigenvalue weighted by Crippen LogP contribution is 2.36. The van der Waals surface area contributed by atoms with Crippen molar-refractivity contribution in [2.24, 2.45) is 0 Å². The average Bonchev–Trinajstić information content (AvgIpc) is 3.21. The number of aromatic hydroxyl groups is 1. The van der Waals surface area contributed by atoms with E-state index in [1.54, 1.807) is 0 Å². The van der Waals surface area contributed by atoms with Crippen LogP contribution in [0.1, 0.15) is 15.9 Å². The quantitative estimate of drug-likeness (QED) is 0.430. The molecular weight excluding hydrogens is 433 g/mol. The first-order chi connectivity index (χ1) is 15.1. The van der Waals surface area contributed by atoms with Crippen LogP contribution in [-0.4, -0.2) is 43.2 Å². The summed E-state index contributed by atoms with van der Waals surface area (Å²) in [6.07, 6.45) is -3.41. The molecule has 32 heavy (non-hydrogen) atoms. The summed E-state index contributed by atoms with van der Waals surface area (Å²) < 4.78 is 45.9. The van der Waals surface area contributed by atoms with Crippen LogP contribution in [0.5, 0.6) is 17.4 Å². The summed E-state index contributed by atoms with van der Waals surface area (Å²) in [6.45, 7) is -0.674. The summed E-state index contributed by atoms with van der Waals surface area (Å²) in [6, 6.07) is 8.76. The van der Waals surface area contributed by atoms with Crippen molar-refractivity contribution in [1.82, 2.24) is 19.9 Å². The Bertz CT molecular complexity index is 1370. The number of carboxylic acids is 1. The first-order valence-corrected chi connectivity index (χ1v) is 8.98. The molecule has 12 heteroatoms. The molecule has 0 spiro atoms. The van der Waals surface area contributed by atoms with Crippen molar-refractivity contribution < 1.29 is 37.7 Å². The molecule has 0 aliphatic rings. The number of nitrogens with one attached hydrogen (secondary N) is 1. The standard InChI is InChI=1S/C20H13F3N4O5/c21-20(22,23)11-4-5-12-10(6-11)2-1-3-14(12)32-15-7-13(28)17(18-25-9-26-27(15)18)19(31)24-8-16(29)30/h1-7,9,28H,8H2,(H,24,31)(H,29,30). The van der Waals surface area contributed by atoms with Crippen LogP contribution in [0.15, 0.2) is 48.8 Å². The van der Waals surface area contributed by atoms with Gasteiger partial charge in [0.15, 0.2) is 5.65 Å². The number of alkyl halides is 3. The smallest absolute Gasteiger partial charge is 0.416 e. The summed E-state index contributed by atoms with van der Waals surface area (Å²) >= 11 is 0. The predicted octanol–water partition coefficient (Wildman–Crippen LogP) is 3.21. The van der Waals surface area contributed by atoms with Gasteiger partial charge in [-0.2, -0.15) is 22.8 Å². The van der Waals surface area contributed by atoms with Crippen LogP contribution in [0.3, 0.4) is 0 Å². The van der Waals surface area contributed by atoms with Gasteiger partial charge in [0.05, 0.1) is 5.56 Å². The number of hydrogen-bond acceptors (Lipinski definition) is 6. The normalized spacial score (nSPS) is 11.6. The average molecular weight is 446 g/mol. The largest absolute Gasteiger partial charge is 0.507 e. The number of pyridine rings is 1. The highest BCUT2D eigenvalue weighted by atomic mass is 19.4. The Morgan fingerprint density at radius 3 is 2.66 bits per heavy atom. The molecule has 0 saturated heterocycles. The monoisotopic (exact) mass is 446 g/mol. The number of halogens is 3. The number of amides is 1. The zero-order valence-electron chi connectivity index (χ0n) is 15.9. The first-order valence-electron chi connectivity index (χ1n) is 8.98. The van der Waals surface area contributed by atoms with E-state index >= 15 is 0 Å². The Balaban J connectivity index is 1.75. The van der Waals surface area contributed by atoms with Gasteiger partial charge in [0.2, 0.25) is 5.88 Å². The first kappa shape index (κ1) is 20.9. The lowest BCUT2D eigenvalue weighted by molar-refractivity contribution is -0.137. The molecule has 0 atom stereocenters. The van der Waals surface area contributed by atoms with Gasteiger partial charge in [0, 0.05) is 11.5 Å². The van der Waals surface area contributed by atoms with E-state index in [9.17, 15) is 27.9 Å². The minimum Gasteiger partial charge on any atom is -0.507 e. The fraction of sp³-hybridized carbons (Fsp3) is 0.100. The predicted molar refractivity (Wildman–Crippen MR) is 104 cm³/mol. The van der Waals surface area contributed by atoms with Gasteiger partial charge in [-0.05, 0) is 23.6 Å². The van der Waals surface area contributed by atoms with E-state index in [1.165, 1.54) is 24.3 Å². The lowest BCUT2D eigenvalue weighted by Crippen LogP contribution is -2.29. The molecule has 2 aromatic carbocycles. The molecule has 3 N–H and O–H groups in total. The number of carboxylic acid groups (broad SMARTS) is 1. The SMILES string of the molecule is O=C(O)CNC(=O)c1c(O)cc(Oc2cccc3cc(C(F)(F)F)ccc23)n2ncnc12. The topological polar surface area (TPSA) is 126 Å². The molecule has 0 unspecified atom stereocenters. The van der Waals surface area contributed by atoms with Crippen molar-refractivity contribution >= 4 is 28.3 Å². The molecule has 9 nitrogen and oxygen atoms in total. The summed E-state index contributed by atoms with van der Waals surface area (Å²) in [5.74, 6) is -2.62. The van der Waals surface area contributed by atoms with Crippen molar-refractivity contribution in [3.63, 3.8) is 0 Å². The molecule has 1 amide bonds. The molecule has 0 radical (unpaired) electrons. The second kappa shape index (κ2) is 7.72. The van der Waals surface area contributed by atoms with E-state index in [4.69, 9.17) is 9.84 Å². The zero-order chi connectivity index (χ0) is 23.0. The van der Waals surface area contributed by atoms with E-state index in [1.807, 2.05) is 0 Å². The fourth-order valence-electron chi connectivity index (χ4n) is 3.10. The van der Waals surface area contributed by atoms with Crippen LogP contribution >= 0.6 is 0 Å². The third-order valence-electron chi connectivity index (χ3n) is 4.51. The van der Waals surface area contributed by atoms with Crippen LogP contribution in [0.2, 0.25) is 0 Å². The summed E-state index contributed by atoms with van der Waals surface area (Å²) in [5.41, 5.74) is -1.23. The molecular formula is C20H13F3N4O5. The molecule has 0 aliphatic carbocycles. The summed E-state index contributed by atoms with van der Waals surface area (Å²) in [4.78, 5) is 26.9. The van der Waals surface area contributed by atoms with Crippen molar-refractivity contribution in [3.05, 3.63) is 59.9 Å². The van der Waals surface area contributed by atoms with Crippen LogP contribution in [-0.2, 0) is 11.0 Å². The van der Waals surface area contributed by atoms with Gasteiger partial charge in [0.1, 0.15) is 29.9 Å². The van der Waals surface area contributed by atoms with Crippen LogP contribution in [0.4, 0.5) is 13.2 Å².